The van der Waals surface area contributed by atoms with Crippen LogP contribution in [0.25, 0.3) is 22.1 Å². The number of aliphatic carboxylic acids is 1. The third kappa shape index (κ3) is 8.23. The minimum absolute atomic E-state index is 0.0208. The van der Waals surface area contributed by atoms with Crippen molar-refractivity contribution >= 4 is 28.6 Å². The highest BCUT2D eigenvalue weighted by molar-refractivity contribution is 7.13. The lowest BCUT2D eigenvalue weighted by atomic mass is 10.1. The van der Waals surface area contributed by atoms with E-state index in [1.54, 1.807) is 38.4 Å². The normalized spacial score (nSPS) is 12.1. The number of benzene rings is 1. The number of nitrogens with zero attached hydrogens (tertiary/aromatic N) is 3. The highest BCUT2D eigenvalue weighted by Gasteiger charge is 2.34. The van der Waals surface area contributed by atoms with Crippen molar-refractivity contribution in [1.29, 1.82) is 0 Å². The number of carbonyl (C=O) groups is 1. The van der Waals surface area contributed by atoms with Gasteiger partial charge in [0, 0.05) is 26.8 Å². The summed E-state index contributed by atoms with van der Waals surface area (Å²) in [5.74, 6) is 0.171. The van der Waals surface area contributed by atoms with Gasteiger partial charge in [-0.2, -0.15) is 18.2 Å². The molecule has 13 heteroatoms. The van der Waals surface area contributed by atoms with Crippen LogP contribution in [0.5, 0.6) is 11.6 Å². The Labute approximate surface area is 237 Å². The molecule has 0 fully saturated rings. The van der Waals surface area contributed by atoms with Crippen LogP contribution in [-0.4, -0.2) is 39.2 Å². The van der Waals surface area contributed by atoms with Gasteiger partial charge in [-0.15, -0.1) is 22.7 Å². The zero-order valence-corrected chi connectivity index (χ0v) is 24.1. The van der Waals surface area contributed by atoms with E-state index in [-0.39, 0.29) is 29.2 Å². The lowest BCUT2D eigenvalue weighted by Gasteiger charge is -2.09. The quantitative estimate of drug-likeness (QED) is 0.234. The zero-order chi connectivity index (χ0) is 29.6. The summed E-state index contributed by atoms with van der Waals surface area (Å²) >= 11 is 2.47. The molecule has 3 heterocycles. The SMILES string of the molecule is CC(C)[C@H](N)C(=O)O.COc1ccc(COc2cc(-c3cc(C)sc3C)nc(-c3nc(C(F)(F)F)cs3)n2)cc1. The summed E-state index contributed by atoms with van der Waals surface area (Å²) in [6.45, 7) is 7.74. The summed E-state index contributed by atoms with van der Waals surface area (Å²) in [5, 5.41) is 9.27. The Balaban J connectivity index is 0.000000482. The van der Waals surface area contributed by atoms with Crippen molar-refractivity contribution < 1.29 is 32.5 Å². The maximum absolute atomic E-state index is 13.0. The van der Waals surface area contributed by atoms with Crippen LogP contribution in [0.1, 0.15) is 34.9 Å². The van der Waals surface area contributed by atoms with Crippen LogP contribution in [0.4, 0.5) is 13.2 Å². The number of carboxylic acids is 1. The number of aryl methyl sites for hydroxylation is 2. The molecular formula is C27H29F3N4O4S2. The van der Waals surface area contributed by atoms with E-state index < -0.39 is 23.9 Å². The first-order valence-corrected chi connectivity index (χ1v) is 13.7. The molecule has 1 atom stereocenters. The molecule has 1 aromatic carbocycles. The second-order valence-corrected chi connectivity index (χ2v) is 11.3. The highest BCUT2D eigenvalue weighted by atomic mass is 32.1. The van der Waals surface area contributed by atoms with Crippen LogP contribution in [0.3, 0.4) is 0 Å². The molecule has 0 spiro atoms. The Hall–Kier alpha value is -3.55. The number of carboxylic acid groups (broad SMARTS) is 1. The van der Waals surface area contributed by atoms with E-state index in [1.807, 2.05) is 44.2 Å². The van der Waals surface area contributed by atoms with Gasteiger partial charge in [0.25, 0.3) is 0 Å². The predicted molar refractivity (Wildman–Crippen MR) is 149 cm³/mol. The third-order valence-corrected chi connectivity index (χ3v) is 7.36. The molecule has 214 valence electrons. The monoisotopic (exact) mass is 594 g/mol. The molecule has 0 aliphatic carbocycles. The van der Waals surface area contributed by atoms with Gasteiger partial charge in [-0.1, -0.05) is 26.0 Å². The van der Waals surface area contributed by atoms with Gasteiger partial charge < -0.3 is 20.3 Å². The Morgan fingerprint density at radius 1 is 1.10 bits per heavy atom. The van der Waals surface area contributed by atoms with E-state index in [1.165, 1.54) is 0 Å². The van der Waals surface area contributed by atoms with Gasteiger partial charge in [0.2, 0.25) is 5.88 Å². The van der Waals surface area contributed by atoms with Gasteiger partial charge in [0.05, 0.1) is 12.8 Å². The van der Waals surface area contributed by atoms with Crippen LogP contribution in [0, 0.1) is 19.8 Å². The van der Waals surface area contributed by atoms with Crippen molar-refractivity contribution in [3.8, 4) is 33.7 Å². The van der Waals surface area contributed by atoms with Gasteiger partial charge in [0.15, 0.2) is 16.5 Å². The van der Waals surface area contributed by atoms with Gasteiger partial charge in [-0.25, -0.2) is 9.97 Å². The van der Waals surface area contributed by atoms with Crippen LogP contribution in [-0.2, 0) is 17.6 Å². The van der Waals surface area contributed by atoms with Gasteiger partial charge >= 0.3 is 12.1 Å². The average molecular weight is 595 g/mol. The number of ether oxygens (including phenoxy) is 2. The van der Waals surface area contributed by atoms with E-state index in [9.17, 15) is 18.0 Å². The number of rotatable bonds is 8. The Kier molecular flexibility index (Phi) is 10.2. The number of methoxy groups -OCH3 is 1. The molecular weight excluding hydrogens is 565 g/mol. The summed E-state index contributed by atoms with van der Waals surface area (Å²) in [6, 6.07) is 10.3. The molecule has 0 aliphatic rings. The van der Waals surface area contributed by atoms with Crippen molar-refractivity contribution in [3.05, 3.63) is 62.8 Å². The smallest absolute Gasteiger partial charge is 0.434 e. The molecule has 3 N–H and O–H groups in total. The lowest BCUT2D eigenvalue weighted by molar-refractivity contribution is -0.141. The predicted octanol–water partition coefficient (Wildman–Crippen LogP) is 6.61. The van der Waals surface area contributed by atoms with Crippen LogP contribution >= 0.6 is 22.7 Å². The van der Waals surface area contributed by atoms with Gasteiger partial charge in [0.1, 0.15) is 18.4 Å². The maximum atomic E-state index is 13.0. The summed E-state index contributed by atoms with van der Waals surface area (Å²) < 4.78 is 50.1. The largest absolute Gasteiger partial charge is 0.497 e. The van der Waals surface area contributed by atoms with Crippen LogP contribution in [0.2, 0.25) is 0 Å². The van der Waals surface area contributed by atoms with E-state index in [0.717, 1.165) is 43.3 Å². The maximum Gasteiger partial charge on any atom is 0.434 e. The lowest BCUT2D eigenvalue weighted by Crippen LogP contribution is -2.34. The summed E-state index contributed by atoms with van der Waals surface area (Å²) in [5.41, 5.74) is 6.55. The van der Waals surface area contributed by atoms with Crippen molar-refractivity contribution in [2.75, 3.05) is 7.11 Å². The number of halogens is 3. The molecule has 0 unspecified atom stereocenters. The Morgan fingerprint density at radius 2 is 1.77 bits per heavy atom. The topological polar surface area (TPSA) is 120 Å². The molecule has 4 rings (SSSR count). The molecule has 40 heavy (non-hydrogen) atoms. The first-order chi connectivity index (χ1) is 18.8. The minimum Gasteiger partial charge on any atom is -0.497 e. The first-order valence-electron chi connectivity index (χ1n) is 12.0. The number of nitrogens with two attached hydrogens (primary N) is 1. The molecule has 0 bridgehead atoms. The molecule has 8 nitrogen and oxygen atoms in total. The van der Waals surface area contributed by atoms with Gasteiger partial charge in [-0.3, -0.25) is 4.79 Å². The van der Waals surface area contributed by atoms with Crippen molar-refractivity contribution in [1.82, 2.24) is 15.0 Å². The number of hydrogen-bond donors (Lipinski definition) is 2. The Morgan fingerprint density at radius 3 is 2.25 bits per heavy atom. The molecule has 0 saturated carbocycles. The number of thiazole rings is 1. The standard InChI is InChI=1S/C22H18F3N3O2S2.C5H11NO2/c1-12-8-16(13(2)32-12)17-9-19(30-10-14-4-6-15(29-3)7-5-14)28-20(26-17)21-27-18(11-31-21)22(23,24)25;1-3(2)4(6)5(7)8/h4-9,11H,10H2,1-3H3;3-4H,6H2,1-2H3,(H,7,8)/t;4-/m.0/s1. The number of aromatic nitrogens is 3. The number of hydrogen-bond acceptors (Lipinski definition) is 9. The van der Waals surface area contributed by atoms with Crippen molar-refractivity contribution in [2.24, 2.45) is 11.7 Å². The first kappa shape index (κ1) is 31.0. The molecule has 3 aromatic heterocycles. The average Bonchev–Trinajstić information content (AvgIpc) is 3.54. The molecule has 0 saturated heterocycles. The fourth-order valence-corrected chi connectivity index (χ4v) is 4.98. The van der Waals surface area contributed by atoms with E-state index in [0.29, 0.717) is 5.69 Å². The fourth-order valence-electron chi connectivity index (χ4n) is 3.29. The van der Waals surface area contributed by atoms with E-state index >= 15 is 0 Å². The second kappa shape index (κ2) is 13.2. The van der Waals surface area contributed by atoms with E-state index in [2.05, 4.69) is 15.0 Å². The van der Waals surface area contributed by atoms with Crippen molar-refractivity contribution in [2.45, 2.75) is 46.5 Å². The summed E-state index contributed by atoms with van der Waals surface area (Å²) in [7, 11) is 1.59. The van der Waals surface area contributed by atoms with Crippen LogP contribution < -0.4 is 15.2 Å². The number of thiophene rings is 1. The molecule has 0 amide bonds. The third-order valence-electron chi connectivity index (χ3n) is 5.55. The van der Waals surface area contributed by atoms with Gasteiger partial charge in [-0.05, 0) is 43.5 Å². The zero-order valence-electron chi connectivity index (χ0n) is 22.4. The Bertz CT molecular complexity index is 1440. The highest BCUT2D eigenvalue weighted by Crippen LogP contribution is 2.35. The van der Waals surface area contributed by atoms with Crippen LogP contribution in [0.15, 0.2) is 41.8 Å². The second-order valence-electron chi connectivity index (χ2n) is 9.02. The summed E-state index contributed by atoms with van der Waals surface area (Å²) in [4.78, 5) is 24.7. The molecule has 0 aliphatic heterocycles. The van der Waals surface area contributed by atoms with Crippen molar-refractivity contribution in [3.63, 3.8) is 0 Å². The fraction of sp³-hybridized carbons (Fsp3) is 0.333. The number of alkyl halides is 3. The molecule has 0 radical (unpaired) electrons. The van der Waals surface area contributed by atoms with E-state index in [4.69, 9.17) is 20.3 Å². The summed E-state index contributed by atoms with van der Waals surface area (Å²) in [6.07, 6.45) is -4.53. The molecule has 4 aromatic rings. The minimum atomic E-state index is -4.53.